The largest absolute Gasteiger partial charge is 0.507 e. The lowest BCUT2D eigenvalue weighted by atomic mass is 9.99. The number of alkyl halides is 3. The molecule has 36 heavy (non-hydrogen) atoms. The highest BCUT2D eigenvalue weighted by Gasteiger charge is 2.32. The molecule has 1 aliphatic heterocycles. The van der Waals surface area contributed by atoms with Gasteiger partial charge in [0.2, 0.25) is 0 Å². The first-order chi connectivity index (χ1) is 17.1. The summed E-state index contributed by atoms with van der Waals surface area (Å²) >= 11 is 0. The smallest absolute Gasteiger partial charge is 0.416 e. The molecule has 4 N–H and O–H groups in total. The number of phenolic OH excluding ortho intramolecular Hbond substituents is 1. The van der Waals surface area contributed by atoms with E-state index in [1.54, 1.807) is 12.1 Å². The molecule has 2 heterocycles. The minimum absolute atomic E-state index is 0.00574. The number of carbonyl (C=O) groups excluding carboxylic acids is 3. The van der Waals surface area contributed by atoms with E-state index in [1.165, 1.54) is 36.7 Å². The lowest BCUT2D eigenvalue weighted by molar-refractivity contribution is -0.137. The zero-order valence-electron chi connectivity index (χ0n) is 18.7. The number of aromatic nitrogens is 1. The molecule has 1 saturated heterocycles. The molecule has 1 aromatic heterocycles. The van der Waals surface area contributed by atoms with Crippen LogP contribution in [0, 0.1) is 0 Å². The highest BCUT2D eigenvalue weighted by molar-refractivity contribution is 6.11. The quantitative estimate of drug-likeness (QED) is 0.388. The Morgan fingerprint density at radius 2 is 1.36 bits per heavy atom. The van der Waals surface area contributed by atoms with Crippen molar-refractivity contribution in [3.63, 3.8) is 0 Å². The van der Waals surface area contributed by atoms with Crippen LogP contribution in [0.1, 0.15) is 42.2 Å². The van der Waals surface area contributed by atoms with Crippen LogP contribution in [0.3, 0.4) is 0 Å². The maximum Gasteiger partial charge on any atom is 0.416 e. The lowest BCUT2D eigenvalue weighted by Crippen LogP contribution is -2.51. The molecular formula is C25H21F3N4O4. The van der Waals surface area contributed by atoms with Crippen LogP contribution in [-0.2, 0) is 6.18 Å². The summed E-state index contributed by atoms with van der Waals surface area (Å²) in [5, 5.41) is 18.7. The van der Waals surface area contributed by atoms with E-state index in [1.807, 2.05) is 0 Å². The van der Waals surface area contributed by atoms with E-state index < -0.39 is 40.8 Å². The van der Waals surface area contributed by atoms with E-state index in [-0.39, 0.29) is 23.1 Å². The number of phenols is 1. The molecule has 1 fully saturated rings. The van der Waals surface area contributed by atoms with Crippen LogP contribution in [0.4, 0.5) is 13.2 Å². The predicted octanol–water partition coefficient (Wildman–Crippen LogP) is 2.54. The summed E-state index contributed by atoms with van der Waals surface area (Å²) in [7, 11) is 0. The number of pyridine rings is 1. The predicted molar refractivity (Wildman–Crippen MR) is 123 cm³/mol. The van der Waals surface area contributed by atoms with Gasteiger partial charge in [-0.2, -0.15) is 13.2 Å². The summed E-state index contributed by atoms with van der Waals surface area (Å²) in [5.41, 5.74) is -0.895. The molecule has 2 atom stereocenters. The highest BCUT2D eigenvalue weighted by Crippen LogP contribution is 2.33. The topological polar surface area (TPSA) is 120 Å². The van der Waals surface area contributed by atoms with Gasteiger partial charge in [0.05, 0.1) is 23.2 Å². The number of ketones is 1. The summed E-state index contributed by atoms with van der Waals surface area (Å²) in [5.74, 6) is -2.15. The number of halogens is 3. The van der Waals surface area contributed by atoms with Crippen molar-refractivity contribution in [3.8, 4) is 5.75 Å². The SMILES string of the molecule is O=C(N[C@@H]1CNC[C@H]1NC(=O)c1ccc(C(=O)c2cc(C(F)(F)F)ccc2O)cc1)c1ccncc1. The number of aromatic hydroxyl groups is 1. The van der Waals surface area contributed by atoms with E-state index >= 15 is 0 Å². The summed E-state index contributed by atoms with van der Waals surface area (Å²) in [6.07, 6.45) is -1.66. The number of benzene rings is 2. The number of nitrogens with zero attached hydrogens (tertiary/aromatic N) is 1. The molecule has 2 amide bonds. The van der Waals surface area contributed by atoms with Crippen LogP contribution >= 0.6 is 0 Å². The van der Waals surface area contributed by atoms with Gasteiger partial charge in [0.1, 0.15) is 5.75 Å². The molecular weight excluding hydrogens is 477 g/mol. The maximum absolute atomic E-state index is 13.0. The third-order valence-corrected chi connectivity index (χ3v) is 5.77. The molecule has 0 aliphatic carbocycles. The molecule has 3 aromatic rings. The van der Waals surface area contributed by atoms with Gasteiger partial charge in [0, 0.05) is 42.2 Å². The van der Waals surface area contributed by atoms with Crippen LogP contribution in [-0.4, -0.2) is 52.9 Å². The minimum Gasteiger partial charge on any atom is -0.507 e. The Hall–Kier alpha value is -4.25. The second-order valence-electron chi connectivity index (χ2n) is 8.19. The number of hydrogen-bond donors (Lipinski definition) is 4. The number of rotatable bonds is 6. The first-order valence-corrected chi connectivity index (χ1v) is 10.9. The number of carbonyl (C=O) groups is 3. The van der Waals surface area contributed by atoms with Gasteiger partial charge in [-0.3, -0.25) is 19.4 Å². The Labute approximate surface area is 203 Å². The van der Waals surface area contributed by atoms with Crippen LogP contribution in [0.15, 0.2) is 67.0 Å². The fourth-order valence-corrected chi connectivity index (χ4v) is 3.81. The first-order valence-electron chi connectivity index (χ1n) is 10.9. The van der Waals surface area contributed by atoms with Crippen LogP contribution < -0.4 is 16.0 Å². The van der Waals surface area contributed by atoms with Crippen LogP contribution in [0.2, 0.25) is 0 Å². The molecule has 2 aromatic carbocycles. The Kier molecular flexibility index (Phi) is 7.02. The standard InChI is InChI=1S/C25H21F3N4O4/c26-25(27,28)17-5-6-21(33)18(11-17)22(34)14-1-3-15(4-2-14)23(35)31-19-12-30-13-20(19)32-24(36)16-7-9-29-10-8-16/h1-11,19-20,30,33H,12-13H2,(H,31,35)(H,32,36)/t19-,20-/m1/s1. The fourth-order valence-electron chi connectivity index (χ4n) is 3.81. The second kappa shape index (κ2) is 10.2. The molecule has 186 valence electrons. The molecule has 1 aliphatic rings. The molecule has 0 spiro atoms. The fraction of sp³-hybridized carbons (Fsp3) is 0.200. The van der Waals surface area contributed by atoms with Crippen molar-refractivity contribution < 1.29 is 32.7 Å². The maximum atomic E-state index is 13.0. The van der Waals surface area contributed by atoms with Crippen molar-refractivity contribution in [2.45, 2.75) is 18.3 Å². The summed E-state index contributed by atoms with van der Waals surface area (Å²) < 4.78 is 39.0. The lowest BCUT2D eigenvalue weighted by Gasteiger charge is -2.21. The normalized spacial score (nSPS) is 17.4. The van der Waals surface area contributed by atoms with Gasteiger partial charge in [-0.25, -0.2) is 0 Å². The van der Waals surface area contributed by atoms with Gasteiger partial charge in [0.15, 0.2) is 5.78 Å². The van der Waals surface area contributed by atoms with Crippen molar-refractivity contribution in [1.29, 1.82) is 0 Å². The van der Waals surface area contributed by atoms with E-state index in [2.05, 4.69) is 20.9 Å². The van der Waals surface area contributed by atoms with Crippen molar-refractivity contribution in [2.75, 3.05) is 13.1 Å². The van der Waals surface area contributed by atoms with Gasteiger partial charge in [0.25, 0.3) is 11.8 Å². The zero-order valence-corrected chi connectivity index (χ0v) is 18.7. The van der Waals surface area contributed by atoms with Gasteiger partial charge < -0.3 is 21.1 Å². The van der Waals surface area contributed by atoms with Crippen molar-refractivity contribution >= 4 is 17.6 Å². The van der Waals surface area contributed by atoms with E-state index in [9.17, 15) is 32.7 Å². The number of hydrogen-bond acceptors (Lipinski definition) is 6. The van der Waals surface area contributed by atoms with Crippen molar-refractivity contribution in [3.05, 3.63) is 94.8 Å². The Balaban J connectivity index is 1.42. The first kappa shape index (κ1) is 24.9. The summed E-state index contributed by atoms with van der Waals surface area (Å²) in [6.45, 7) is 0.883. The minimum atomic E-state index is -4.67. The zero-order chi connectivity index (χ0) is 25.9. The molecule has 8 nitrogen and oxygen atoms in total. The Morgan fingerprint density at radius 3 is 1.92 bits per heavy atom. The molecule has 0 bridgehead atoms. The number of amides is 2. The van der Waals surface area contributed by atoms with Crippen molar-refractivity contribution in [1.82, 2.24) is 20.9 Å². The van der Waals surface area contributed by atoms with Crippen LogP contribution in [0.25, 0.3) is 0 Å². The van der Waals surface area contributed by atoms with Gasteiger partial charge in [-0.05, 0) is 42.5 Å². The molecule has 0 saturated carbocycles. The molecule has 0 radical (unpaired) electrons. The molecule has 0 unspecified atom stereocenters. The molecule has 4 rings (SSSR count). The van der Waals surface area contributed by atoms with E-state index in [4.69, 9.17) is 0 Å². The van der Waals surface area contributed by atoms with Gasteiger partial charge in [-0.15, -0.1) is 0 Å². The van der Waals surface area contributed by atoms with Crippen LogP contribution in [0.5, 0.6) is 5.75 Å². The summed E-state index contributed by atoms with van der Waals surface area (Å²) in [6, 6.07) is 9.80. The van der Waals surface area contributed by atoms with Gasteiger partial charge >= 0.3 is 6.18 Å². The highest BCUT2D eigenvalue weighted by atomic mass is 19.4. The third kappa shape index (κ3) is 5.52. The average molecular weight is 498 g/mol. The summed E-state index contributed by atoms with van der Waals surface area (Å²) in [4.78, 5) is 41.7. The Morgan fingerprint density at radius 1 is 0.833 bits per heavy atom. The van der Waals surface area contributed by atoms with Crippen molar-refractivity contribution in [2.24, 2.45) is 0 Å². The monoisotopic (exact) mass is 498 g/mol. The van der Waals surface area contributed by atoms with Gasteiger partial charge in [-0.1, -0.05) is 12.1 Å². The molecule has 11 heteroatoms. The Bertz CT molecular complexity index is 1280. The van der Waals surface area contributed by atoms with E-state index in [0.29, 0.717) is 30.8 Å². The third-order valence-electron chi connectivity index (χ3n) is 5.77. The number of nitrogens with one attached hydrogen (secondary N) is 3. The average Bonchev–Trinajstić information content (AvgIpc) is 3.30. The van der Waals surface area contributed by atoms with E-state index in [0.717, 1.165) is 6.07 Å². The second-order valence-corrected chi connectivity index (χ2v) is 8.19.